The van der Waals surface area contributed by atoms with Gasteiger partial charge >= 0.3 is 6.09 Å². The lowest BCUT2D eigenvalue weighted by Crippen LogP contribution is -2.58. The highest BCUT2D eigenvalue weighted by Crippen LogP contribution is 2.47. The number of ether oxygens (including phenoxy) is 1. The van der Waals surface area contributed by atoms with Gasteiger partial charge in [0.15, 0.2) is 0 Å². The number of nitrogens with one attached hydrogen (secondary N) is 1. The molecule has 2 aliphatic carbocycles. The minimum absolute atomic E-state index is 0.0732. The van der Waals surface area contributed by atoms with Crippen LogP contribution in [0.4, 0.5) is 4.79 Å². The molecular formula is C38H53ClN4O4. The van der Waals surface area contributed by atoms with Gasteiger partial charge in [-0.1, -0.05) is 67.3 Å². The van der Waals surface area contributed by atoms with E-state index in [0.717, 1.165) is 43.2 Å². The Balaban J connectivity index is 1.35. The van der Waals surface area contributed by atoms with Crippen LogP contribution in [0.1, 0.15) is 94.9 Å². The van der Waals surface area contributed by atoms with E-state index in [1.165, 1.54) is 31.9 Å². The zero-order valence-electron chi connectivity index (χ0n) is 28.6. The first-order valence-electron chi connectivity index (χ1n) is 17.4. The molecule has 0 aromatic heterocycles. The molecule has 3 aliphatic rings. The van der Waals surface area contributed by atoms with E-state index in [4.69, 9.17) is 22.1 Å². The Morgan fingerprint density at radius 2 is 1.68 bits per heavy atom. The average molecular weight is 665 g/mol. The summed E-state index contributed by atoms with van der Waals surface area (Å²) in [5.41, 5.74) is 9.28. The Morgan fingerprint density at radius 1 is 1.02 bits per heavy atom. The molecule has 1 aliphatic heterocycles. The van der Waals surface area contributed by atoms with E-state index in [0.29, 0.717) is 43.4 Å². The van der Waals surface area contributed by atoms with Crippen LogP contribution >= 0.6 is 11.6 Å². The van der Waals surface area contributed by atoms with Gasteiger partial charge in [-0.2, -0.15) is 0 Å². The molecule has 2 aromatic rings. The number of piperidine rings is 1. The van der Waals surface area contributed by atoms with Crippen LogP contribution in [0, 0.1) is 17.3 Å². The highest BCUT2D eigenvalue weighted by molar-refractivity contribution is 6.30. The second-order valence-corrected chi connectivity index (χ2v) is 15.4. The molecule has 5 rings (SSSR count). The molecule has 256 valence electrons. The number of benzene rings is 2. The van der Waals surface area contributed by atoms with Gasteiger partial charge in [-0.05, 0) is 99.5 Å². The number of likely N-dealkylation sites (tertiary alicyclic amines) is 1. The zero-order chi connectivity index (χ0) is 33.8. The summed E-state index contributed by atoms with van der Waals surface area (Å²) in [6.07, 6.45) is 9.04. The number of nitrogens with two attached hydrogens (primary N) is 1. The number of carbonyl (C=O) groups is 3. The van der Waals surface area contributed by atoms with Gasteiger partial charge in [0.1, 0.15) is 6.04 Å². The summed E-state index contributed by atoms with van der Waals surface area (Å²) in [6.45, 7) is 7.94. The summed E-state index contributed by atoms with van der Waals surface area (Å²) in [5, 5.41) is 3.78. The highest BCUT2D eigenvalue weighted by Gasteiger charge is 2.47. The van der Waals surface area contributed by atoms with Crippen molar-refractivity contribution in [2.45, 2.75) is 103 Å². The van der Waals surface area contributed by atoms with Crippen molar-refractivity contribution in [3.8, 4) is 0 Å². The van der Waals surface area contributed by atoms with Crippen LogP contribution < -0.4 is 11.1 Å². The lowest BCUT2D eigenvalue weighted by Gasteiger charge is -2.52. The van der Waals surface area contributed by atoms with Crippen LogP contribution in [0.15, 0.2) is 48.5 Å². The van der Waals surface area contributed by atoms with Crippen molar-refractivity contribution >= 4 is 29.5 Å². The number of methoxy groups -OCH3 is 1. The molecule has 2 aromatic carbocycles. The molecule has 0 radical (unpaired) electrons. The van der Waals surface area contributed by atoms with Gasteiger partial charge in [0.25, 0.3) is 0 Å². The van der Waals surface area contributed by atoms with Gasteiger partial charge in [0.05, 0.1) is 13.0 Å². The third-order valence-corrected chi connectivity index (χ3v) is 11.3. The van der Waals surface area contributed by atoms with E-state index in [9.17, 15) is 14.4 Å². The smallest absolute Gasteiger partial charge is 0.409 e. The monoisotopic (exact) mass is 664 g/mol. The third kappa shape index (κ3) is 8.14. The topological polar surface area (TPSA) is 105 Å². The summed E-state index contributed by atoms with van der Waals surface area (Å²) < 4.78 is 5.25. The fourth-order valence-corrected chi connectivity index (χ4v) is 8.35. The lowest BCUT2D eigenvalue weighted by atomic mass is 9.63. The predicted molar refractivity (Wildman–Crippen MR) is 186 cm³/mol. The first kappa shape index (κ1) is 35.2. The third-order valence-electron chi connectivity index (χ3n) is 11.1. The molecule has 3 amide bonds. The van der Waals surface area contributed by atoms with Gasteiger partial charge in [0.2, 0.25) is 11.8 Å². The van der Waals surface area contributed by atoms with Gasteiger partial charge in [-0.15, -0.1) is 0 Å². The van der Waals surface area contributed by atoms with Crippen molar-refractivity contribution in [2.24, 2.45) is 23.0 Å². The quantitative estimate of drug-likeness (QED) is 0.327. The second kappa shape index (κ2) is 15.0. The zero-order valence-corrected chi connectivity index (χ0v) is 29.4. The number of nitrogens with zero attached hydrogens (tertiary/aromatic N) is 2. The number of halogens is 1. The van der Waals surface area contributed by atoms with E-state index in [1.807, 2.05) is 52.3 Å². The Morgan fingerprint density at radius 3 is 2.32 bits per heavy atom. The van der Waals surface area contributed by atoms with Gasteiger partial charge < -0.3 is 25.6 Å². The maximum absolute atomic E-state index is 14.4. The first-order valence-corrected chi connectivity index (χ1v) is 17.8. The van der Waals surface area contributed by atoms with Crippen molar-refractivity contribution in [3.05, 3.63) is 70.2 Å². The van der Waals surface area contributed by atoms with E-state index in [-0.39, 0.29) is 23.3 Å². The van der Waals surface area contributed by atoms with Gasteiger partial charge in [-0.25, -0.2) is 4.79 Å². The number of amides is 3. The molecule has 3 atom stereocenters. The largest absolute Gasteiger partial charge is 0.453 e. The van der Waals surface area contributed by atoms with Crippen LogP contribution in [-0.4, -0.2) is 66.0 Å². The van der Waals surface area contributed by atoms with Gasteiger partial charge in [0, 0.05) is 42.7 Å². The number of fused-ring (bicyclic) bond motifs is 1. The molecule has 0 spiro atoms. The minimum Gasteiger partial charge on any atom is -0.453 e. The van der Waals surface area contributed by atoms with E-state index in [1.54, 1.807) is 0 Å². The van der Waals surface area contributed by atoms with Crippen molar-refractivity contribution in [1.29, 1.82) is 0 Å². The predicted octanol–water partition coefficient (Wildman–Crippen LogP) is 6.69. The summed E-state index contributed by atoms with van der Waals surface area (Å²) in [7, 11) is 1.45. The van der Waals surface area contributed by atoms with Crippen molar-refractivity contribution in [1.82, 2.24) is 15.1 Å². The molecule has 1 heterocycles. The summed E-state index contributed by atoms with van der Waals surface area (Å²) in [4.78, 5) is 45.0. The number of hydrogen-bond acceptors (Lipinski definition) is 5. The van der Waals surface area contributed by atoms with E-state index in [2.05, 4.69) is 32.2 Å². The lowest BCUT2D eigenvalue weighted by molar-refractivity contribution is -0.140. The molecule has 2 fully saturated rings. The fourth-order valence-electron chi connectivity index (χ4n) is 8.23. The van der Waals surface area contributed by atoms with Crippen LogP contribution in [0.2, 0.25) is 5.02 Å². The summed E-state index contributed by atoms with van der Waals surface area (Å²) in [5.74, 6) is -0.168. The van der Waals surface area contributed by atoms with Crippen LogP contribution in [0.5, 0.6) is 0 Å². The van der Waals surface area contributed by atoms with Crippen LogP contribution in [0.25, 0.3) is 0 Å². The Bertz CT molecular complexity index is 1390. The highest BCUT2D eigenvalue weighted by atomic mass is 35.5. The summed E-state index contributed by atoms with van der Waals surface area (Å²) >= 11 is 6.17. The Hall–Kier alpha value is -3.10. The maximum atomic E-state index is 14.4. The Labute approximate surface area is 285 Å². The van der Waals surface area contributed by atoms with Crippen molar-refractivity contribution in [3.63, 3.8) is 0 Å². The van der Waals surface area contributed by atoms with Crippen LogP contribution in [0.3, 0.4) is 0 Å². The molecule has 0 bridgehead atoms. The van der Waals surface area contributed by atoms with Crippen molar-refractivity contribution < 1.29 is 19.1 Å². The summed E-state index contributed by atoms with van der Waals surface area (Å²) in [6, 6.07) is 14.4. The minimum atomic E-state index is -0.726. The van der Waals surface area contributed by atoms with E-state index >= 15 is 0 Å². The fraction of sp³-hybridized carbons (Fsp3) is 0.605. The number of aryl methyl sites for hydroxylation is 1. The second-order valence-electron chi connectivity index (χ2n) is 15.0. The normalized spacial score (nSPS) is 22.1. The molecule has 3 N–H and O–H groups in total. The number of rotatable bonds is 8. The molecule has 8 nitrogen and oxygen atoms in total. The van der Waals surface area contributed by atoms with Crippen LogP contribution in [-0.2, 0) is 27.2 Å². The molecule has 47 heavy (non-hydrogen) atoms. The van der Waals surface area contributed by atoms with Gasteiger partial charge in [-0.3, -0.25) is 9.59 Å². The van der Waals surface area contributed by atoms with Crippen molar-refractivity contribution in [2.75, 3.05) is 26.7 Å². The number of carbonyl (C=O) groups excluding carboxylic acids is 3. The molecule has 1 unspecified atom stereocenters. The molecule has 1 saturated heterocycles. The van der Waals surface area contributed by atoms with E-state index < -0.39 is 23.5 Å². The maximum Gasteiger partial charge on any atom is 0.409 e. The number of hydrogen-bond donors (Lipinski definition) is 2. The Kier molecular flexibility index (Phi) is 11.2. The standard InChI is InChI=1S/C38H53ClN4O4/c1-37(2,3)43(36(46)47-4)25-38(28-11-6-5-7-12-28)20-22-42(23-21-38)35(45)32(24-26-14-17-29(39)18-15-26)41-34(44)31-19-16-27-10-8-9-13-30(27)33(31)40/h8-10,13-15,17-18,28,31-33H,5-7,11-12,16,19-25,40H2,1-4H3,(H,41,44)/t31-,32?,33+/m1/s1. The molecule has 1 saturated carbocycles. The first-order chi connectivity index (χ1) is 22.4. The molecule has 9 heteroatoms. The average Bonchev–Trinajstić information content (AvgIpc) is 3.07. The SMILES string of the molecule is COC(=O)N(CC1(C2CCCCC2)CCN(C(=O)C(Cc2ccc(Cl)cc2)NC(=O)[C@@H]2CCc3ccccc3[C@@H]2N)CC1)C(C)(C)C. The molecular weight excluding hydrogens is 612 g/mol.